The van der Waals surface area contributed by atoms with Gasteiger partial charge in [-0.25, -0.2) is 14.2 Å². The highest BCUT2D eigenvalue weighted by Crippen LogP contribution is 2.40. The van der Waals surface area contributed by atoms with Gasteiger partial charge in [-0.05, 0) is 67.4 Å². The van der Waals surface area contributed by atoms with E-state index in [1.165, 1.54) is 23.9 Å². The van der Waals surface area contributed by atoms with Gasteiger partial charge in [-0.3, -0.25) is 0 Å². The first-order valence-electron chi connectivity index (χ1n) is 11.1. The van der Waals surface area contributed by atoms with Crippen molar-refractivity contribution in [2.45, 2.75) is 20.5 Å². The summed E-state index contributed by atoms with van der Waals surface area (Å²) >= 11 is 1.21. The fourth-order valence-electron chi connectivity index (χ4n) is 3.29. The predicted octanol–water partition coefficient (Wildman–Crippen LogP) is 6.91. The molecule has 35 heavy (non-hydrogen) atoms. The Hall–Kier alpha value is -3.84. The number of aryl methyl sites for hydroxylation is 1. The van der Waals surface area contributed by atoms with E-state index in [1.54, 1.807) is 25.1 Å². The van der Waals surface area contributed by atoms with E-state index < -0.39 is 5.97 Å². The van der Waals surface area contributed by atoms with Crippen LogP contribution in [-0.4, -0.2) is 22.7 Å². The van der Waals surface area contributed by atoms with Gasteiger partial charge < -0.3 is 14.6 Å². The lowest BCUT2D eigenvalue weighted by Crippen LogP contribution is -2.12. The van der Waals surface area contributed by atoms with Crippen LogP contribution in [0.2, 0.25) is 0 Å². The molecule has 0 aromatic heterocycles. The van der Waals surface area contributed by atoms with E-state index in [4.69, 9.17) is 9.47 Å². The molecule has 4 rings (SSSR count). The molecular formula is C28H24FNO4S. The Bertz CT molecular complexity index is 1290. The Labute approximate surface area is 207 Å². The average Bonchev–Trinajstić information content (AvgIpc) is 3.15. The first-order chi connectivity index (χ1) is 16.9. The van der Waals surface area contributed by atoms with Crippen LogP contribution in [-0.2, 0) is 16.1 Å². The van der Waals surface area contributed by atoms with E-state index in [0.717, 1.165) is 16.7 Å². The summed E-state index contributed by atoms with van der Waals surface area (Å²) in [5.41, 5.74) is 3.51. The number of carbonyl (C=O) groups is 1. The molecule has 0 atom stereocenters. The second kappa shape index (κ2) is 11.1. The van der Waals surface area contributed by atoms with E-state index in [2.05, 4.69) is 4.99 Å². The normalized spacial score (nSPS) is 15.6. The number of ether oxygens (including phenoxy) is 2. The number of aliphatic hydroxyl groups is 1. The lowest BCUT2D eigenvalue weighted by atomic mass is 10.1. The van der Waals surface area contributed by atoms with Crippen molar-refractivity contribution in [3.8, 4) is 5.75 Å². The second-order valence-corrected chi connectivity index (χ2v) is 8.82. The van der Waals surface area contributed by atoms with Gasteiger partial charge in [-0.15, -0.1) is 0 Å². The Balaban J connectivity index is 1.54. The molecule has 1 N–H and O–H groups in total. The number of nitrogens with zero attached hydrogens (tertiary/aromatic N) is 1. The van der Waals surface area contributed by atoms with Crippen LogP contribution in [0.5, 0.6) is 5.75 Å². The smallest absolute Gasteiger partial charge is 0.344 e. The first kappa shape index (κ1) is 24.3. The number of halogens is 1. The number of aliphatic hydroxyl groups excluding tert-OH is 1. The summed E-state index contributed by atoms with van der Waals surface area (Å²) in [5.74, 6) is -0.400. The van der Waals surface area contributed by atoms with Crippen molar-refractivity contribution in [2.24, 2.45) is 4.99 Å². The number of hydrogen-bond acceptors (Lipinski definition) is 6. The number of aliphatic imine (C=N–C) groups is 1. The molecule has 5 nitrogen and oxygen atoms in total. The first-order valence-corrected chi connectivity index (χ1v) is 11.9. The summed E-state index contributed by atoms with van der Waals surface area (Å²) in [6.07, 6.45) is 1.78. The lowest BCUT2D eigenvalue weighted by molar-refractivity contribution is -0.138. The lowest BCUT2D eigenvalue weighted by Gasteiger charge is -2.07. The van der Waals surface area contributed by atoms with Crippen molar-refractivity contribution in [2.75, 3.05) is 6.61 Å². The fraction of sp³-hybridized carbons (Fsp3) is 0.143. The van der Waals surface area contributed by atoms with E-state index in [-0.39, 0.29) is 23.8 Å². The summed E-state index contributed by atoms with van der Waals surface area (Å²) in [7, 11) is 0. The Kier molecular flexibility index (Phi) is 7.67. The molecule has 0 saturated carbocycles. The second-order valence-electron chi connectivity index (χ2n) is 7.79. The highest BCUT2D eigenvalue weighted by atomic mass is 32.2. The van der Waals surface area contributed by atoms with Crippen molar-refractivity contribution in [1.29, 1.82) is 0 Å². The van der Waals surface area contributed by atoms with Gasteiger partial charge in [0.2, 0.25) is 0 Å². The van der Waals surface area contributed by atoms with Gasteiger partial charge >= 0.3 is 5.97 Å². The zero-order chi connectivity index (χ0) is 24.8. The number of carbonyl (C=O) groups excluding carboxylic acids is 1. The zero-order valence-corrected chi connectivity index (χ0v) is 20.1. The van der Waals surface area contributed by atoms with Crippen molar-refractivity contribution >= 4 is 34.5 Å². The van der Waals surface area contributed by atoms with E-state index in [1.807, 2.05) is 55.5 Å². The standard InChI is InChI=1S/C28H24FNO4S/c1-3-33-28(32)25-26(31)24(35-27(25)30-22-12-4-18(2)5-13-22)16-19-8-14-23(15-9-19)34-17-20-6-10-21(29)11-7-20/h4-16,31H,3,17H2,1-2H3. The fourth-order valence-corrected chi connectivity index (χ4v) is 4.32. The number of benzene rings is 3. The molecule has 0 fully saturated rings. The summed E-state index contributed by atoms with van der Waals surface area (Å²) < 4.78 is 24.0. The maximum Gasteiger partial charge on any atom is 0.344 e. The van der Waals surface area contributed by atoms with Crippen LogP contribution in [0.25, 0.3) is 6.08 Å². The summed E-state index contributed by atoms with van der Waals surface area (Å²) in [5, 5.41) is 11.2. The third-order valence-electron chi connectivity index (χ3n) is 5.13. The Morgan fingerprint density at radius 2 is 1.71 bits per heavy atom. The van der Waals surface area contributed by atoms with Gasteiger partial charge in [0.1, 0.15) is 34.5 Å². The molecule has 0 spiro atoms. The molecule has 0 bridgehead atoms. The maximum absolute atomic E-state index is 13.0. The van der Waals surface area contributed by atoms with Crippen LogP contribution in [0.15, 0.2) is 94.0 Å². The summed E-state index contributed by atoms with van der Waals surface area (Å²) in [6.45, 7) is 4.21. The Morgan fingerprint density at radius 3 is 2.37 bits per heavy atom. The van der Waals surface area contributed by atoms with Crippen LogP contribution in [0.3, 0.4) is 0 Å². The maximum atomic E-state index is 13.0. The summed E-state index contributed by atoms with van der Waals surface area (Å²) in [6, 6.07) is 21.0. The van der Waals surface area contributed by atoms with Gasteiger partial charge in [-0.2, -0.15) is 0 Å². The van der Waals surface area contributed by atoms with Gasteiger partial charge in [0.05, 0.1) is 17.2 Å². The minimum absolute atomic E-state index is 0.0583. The van der Waals surface area contributed by atoms with Crippen molar-refractivity contribution < 1.29 is 23.8 Å². The van der Waals surface area contributed by atoms with Crippen LogP contribution in [0.1, 0.15) is 23.6 Å². The monoisotopic (exact) mass is 489 g/mol. The minimum atomic E-state index is -0.615. The third-order valence-corrected chi connectivity index (χ3v) is 6.15. The SMILES string of the molecule is CCOC(=O)C1=C(O)C(=Cc2ccc(OCc3ccc(F)cc3)cc2)SC1=Nc1ccc(C)cc1. The molecule has 1 aliphatic heterocycles. The molecule has 7 heteroatoms. The highest BCUT2D eigenvalue weighted by molar-refractivity contribution is 8.18. The van der Waals surface area contributed by atoms with Crippen molar-refractivity contribution in [3.05, 3.63) is 112 Å². The molecule has 3 aromatic carbocycles. The van der Waals surface area contributed by atoms with Crippen LogP contribution >= 0.6 is 11.8 Å². The van der Waals surface area contributed by atoms with Gasteiger partial charge in [0.25, 0.3) is 0 Å². The molecule has 1 heterocycles. The molecule has 0 radical (unpaired) electrons. The van der Waals surface area contributed by atoms with Crippen LogP contribution in [0, 0.1) is 12.7 Å². The largest absolute Gasteiger partial charge is 0.506 e. The number of thioether (sulfide) groups is 1. The van der Waals surface area contributed by atoms with Gasteiger partial charge in [0.15, 0.2) is 0 Å². The molecule has 0 aliphatic carbocycles. The predicted molar refractivity (Wildman–Crippen MR) is 137 cm³/mol. The van der Waals surface area contributed by atoms with Gasteiger partial charge in [-0.1, -0.05) is 53.7 Å². The molecule has 0 amide bonds. The topological polar surface area (TPSA) is 68.1 Å². The van der Waals surface area contributed by atoms with Crippen LogP contribution < -0.4 is 4.74 Å². The van der Waals surface area contributed by atoms with E-state index in [0.29, 0.717) is 28.0 Å². The van der Waals surface area contributed by atoms with E-state index in [9.17, 15) is 14.3 Å². The molecule has 1 aliphatic rings. The molecule has 0 unspecified atom stereocenters. The zero-order valence-electron chi connectivity index (χ0n) is 19.3. The Morgan fingerprint density at radius 1 is 1.03 bits per heavy atom. The quantitative estimate of drug-likeness (QED) is 0.365. The number of hydrogen-bond donors (Lipinski definition) is 1. The van der Waals surface area contributed by atoms with E-state index >= 15 is 0 Å². The molecule has 0 saturated heterocycles. The minimum Gasteiger partial charge on any atom is -0.506 e. The van der Waals surface area contributed by atoms with Crippen LogP contribution in [0.4, 0.5) is 10.1 Å². The van der Waals surface area contributed by atoms with Crippen molar-refractivity contribution in [1.82, 2.24) is 0 Å². The molecule has 3 aromatic rings. The van der Waals surface area contributed by atoms with Crippen molar-refractivity contribution in [3.63, 3.8) is 0 Å². The average molecular weight is 490 g/mol. The van der Waals surface area contributed by atoms with Gasteiger partial charge in [0, 0.05) is 0 Å². The summed E-state index contributed by atoms with van der Waals surface area (Å²) in [4.78, 5) is 17.6. The number of esters is 1. The molecular weight excluding hydrogens is 465 g/mol. The number of rotatable bonds is 7. The molecule has 178 valence electrons. The third kappa shape index (κ3) is 6.19. The highest BCUT2D eigenvalue weighted by Gasteiger charge is 2.33.